The number of aromatic nitrogens is 4. The molecule has 7 aromatic rings. The molecular formula is C43H36ClFN8O5. The number of rotatable bonds is 14. The second-order valence-corrected chi connectivity index (χ2v) is 13.8. The van der Waals surface area contributed by atoms with E-state index in [1.165, 1.54) is 39.9 Å². The molecule has 0 bridgehead atoms. The van der Waals surface area contributed by atoms with Crippen LogP contribution in [0.25, 0.3) is 10.9 Å². The highest BCUT2D eigenvalue weighted by Gasteiger charge is 2.38. The third-order valence-electron chi connectivity index (χ3n) is 9.67. The van der Waals surface area contributed by atoms with Gasteiger partial charge in [0.05, 0.1) is 35.7 Å². The highest BCUT2D eigenvalue weighted by Crippen LogP contribution is 2.41. The van der Waals surface area contributed by atoms with Crippen molar-refractivity contribution in [3.05, 3.63) is 184 Å². The van der Waals surface area contributed by atoms with Crippen LogP contribution in [0.4, 0.5) is 14.9 Å². The van der Waals surface area contributed by atoms with Gasteiger partial charge in [-0.3, -0.25) is 24.4 Å². The summed E-state index contributed by atoms with van der Waals surface area (Å²) in [6.07, 6.45) is 2.21. The molecule has 0 aliphatic carbocycles. The van der Waals surface area contributed by atoms with E-state index in [4.69, 9.17) is 22.3 Å². The molecule has 58 heavy (non-hydrogen) atoms. The SMILES string of the molecule is NC(=O)c1nn(CC(=O)N(CC(=O)NCc2cccc(Cl)c2F)Cc2cn(C(c3ccccc3)(c3ccccc3)c3ccccc3)cn2)c2ccc(NC(=O)O)cc12. The molecule has 0 saturated carbocycles. The van der Waals surface area contributed by atoms with Gasteiger partial charge in [-0.05, 0) is 41.0 Å². The average Bonchev–Trinajstić information content (AvgIpc) is 3.84. The molecule has 15 heteroatoms. The number of nitrogens with two attached hydrogens (primary N) is 1. The molecule has 2 heterocycles. The van der Waals surface area contributed by atoms with Crippen LogP contribution in [0.15, 0.2) is 140 Å². The maximum absolute atomic E-state index is 14.7. The smallest absolute Gasteiger partial charge is 0.409 e. The van der Waals surface area contributed by atoms with E-state index in [0.29, 0.717) is 11.2 Å². The average molecular weight is 799 g/mol. The number of nitrogens with zero attached hydrogens (tertiary/aromatic N) is 5. The number of amides is 4. The first-order valence-corrected chi connectivity index (χ1v) is 18.4. The molecule has 2 aromatic heterocycles. The van der Waals surface area contributed by atoms with E-state index < -0.39 is 48.3 Å². The van der Waals surface area contributed by atoms with Crippen LogP contribution in [-0.4, -0.2) is 59.7 Å². The van der Waals surface area contributed by atoms with Crippen molar-refractivity contribution < 1.29 is 28.7 Å². The quantitative estimate of drug-likeness (QED) is 0.0921. The lowest BCUT2D eigenvalue weighted by Crippen LogP contribution is -2.42. The Kier molecular flexibility index (Phi) is 11.3. The summed E-state index contributed by atoms with van der Waals surface area (Å²) in [7, 11) is 0. The van der Waals surface area contributed by atoms with Crippen molar-refractivity contribution in [2.45, 2.75) is 25.2 Å². The van der Waals surface area contributed by atoms with Gasteiger partial charge in [0.15, 0.2) is 5.69 Å². The fraction of sp³-hybridized carbons (Fsp3) is 0.116. The Labute approximate surface area is 336 Å². The van der Waals surface area contributed by atoms with Crippen LogP contribution in [-0.2, 0) is 34.8 Å². The van der Waals surface area contributed by atoms with E-state index in [9.17, 15) is 28.7 Å². The highest BCUT2D eigenvalue weighted by atomic mass is 35.5. The molecule has 0 spiro atoms. The summed E-state index contributed by atoms with van der Waals surface area (Å²) in [4.78, 5) is 57.5. The van der Waals surface area contributed by atoms with Gasteiger partial charge in [0.25, 0.3) is 5.91 Å². The van der Waals surface area contributed by atoms with Crippen molar-refractivity contribution in [2.24, 2.45) is 5.73 Å². The van der Waals surface area contributed by atoms with Gasteiger partial charge in [0.2, 0.25) is 11.8 Å². The summed E-state index contributed by atoms with van der Waals surface area (Å²) in [5, 5.41) is 18.5. The molecule has 13 nitrogen and oxygen atoms in total. The van der Waals surface area contributed by atoms with E-state index in [0.717, 1.165) is 16.7 Å². The first-order valence-electron chi connectivity index (χ1n) is 18.0. The van der Waals surface area contributed by atoms with E-state index >= 15 is 0 Å². The zero-order chi connectivity index (χ0) is 40.8. The van der Waals surface area contributed by atoms with E-state index in [2.05, 4.69) is 15.7 Å². The van der Waals surface area contributed by atoms with Crippen molar-refractivity contribution in [1.82, 2.24) is 29.5 Å². The number of primary amides is 1. The van der Waals surface area contributed by atoms with Gasteiger partial charge in [-0.1, -0.05) is 115 Å². The molecule has 0 fully saturated rings. The zero-order valence-electron chi connectivity index (χ0n) is 30.8. The Bertz CT molecular complexity index is 2520. The molecule has 0 atom stereocenters. The molecule has 0 radical (unpaired) electrons. The van der Waals surface area contributed by atoms with E-state index in [1.54, 1.807) is 12.4 Å². The number of nitrogens with one attached hydrogen (secondary N) is 2. The van der Waals surface area contributed by atoms with Gasteiger partial charge < -0.3 is 25.6 Å². The second kappa shape index (κ2) is 16.8. The fourth-order valence-corrected chi connectivity index (χ4v) is 7.26. The van der Waals surface area contributed by atoms with E-state index in [-0.39, 0.29) is 40.4 Å². The van der Waals surface area contributed by atoms with Crippen LogP contribution in [0.5, 0.6) is 0 Å². The van der Waals surface area contributed by atoms with Gasteiger partial charge in [-0.25, -0.2) is 14.2 Å². The summed E-state index contributed by atoms with van der Waals surface area (Å²) >= 11 is 5.95. The Morgan fingerprint density at radius 3 is 2.05 bits per heavy atom. The van der Waals surface area contributed by atoms with Gasteiger partial charge in [0.1, 0.15) is 17.9 Å². The maximum atomic E-state index is 14.7. The minimum absolute atomic E-state index is 0.0932. The minimum atomic E-state index is -1.31. The molecule has 4 amide bonds. The number of carboxylic acid groups (broad SMARTS) is 1. The summed E-state index contributed by atoms with van der Waals surface area (Å²) < 4.78 is 17.9. The van der Waals surface area contributed by atoms with Crippen molar-refractivity contribution in [3.63, 3.8) is 0 Å². The van der Waals surface area contributed by atoms with Crippen LogP contribution >= 0.6 is 11.6 Å². The monoisotopic (exact) mass is 798 g/mol. The number of fused-ring (bicyclic) bond motifs is 1. The van der Waals surface area contributed by atoms with Crippen LogP contribution in [0, 0.1) is 5.82 Å². The standard InChI is InChI=1S/C43H36ClFN8O5/c44-35-18-10-11-28(39(35)45)22-47-37(54)25-51(38(55)26-53-36-20-19-32(49-42(57)58)21-34(36)40(50-53)41(46)56)23-33-24-52(27-48-33)43(29-12-4-1-5-13-29,30-14-6-2-7-15-30)31-16-8-3-9-17-31/h1-21,24,27,49H,22-23,25-26H2,(H2,46,56)(H,47,54)(H,57,58). The number of carbonyl (C=O) groups excluding carboxylic acids is 3. The number of halogens is 2. The van der Waals surface area contributed by atoms with Crippen LogP contribution in [0.3, 0.4) is 0 Å². The molecule has 7 rings (SSSR count). The Morgan fingerprint density at radius 2 is 1.47 bits per heavy atom. The van der Waals surface area contributed by atoms with Gasteiger partial charge in [-0.15, -0.1) is 0 Å². The number of benzene rings is 5. The minimum Gasteiger partial charge on any atom is -0.465 e. The Hall–Kier alpha value is -7.32. The lowest BCUT2D eigenvalue weighted by Gasteiger charge is -2.37. The molecule has 0 aliphatic heterocycles. The zero-order valence-corrected chi connectivity index (χ0v) is 31.5. The lowest BCUT2D eigenvalue weighted by molar-refractivity contribution is -0.137. The summed E-state index contributed by atoms with van der Waals surface area (Å²) in [5.74, 6) is -2.73. The largest absolute Gasteiger partial charge is 0.465 e. The predicted molar refractivity (Wildman–Crippen MR) is 215 cm³/mol. The molecule has 5 N–H and O–H groups in total. The maximum Gasteiger partial charge on any atom is 0.409 e. The Morgan fingerprint density at radius 1 is 0.845 bits per heavy atom. The predicted octanol–water partition coefficient (Wildman–Crippen LogP) is 6.40. The number of hydrogen-bond donors (Lipinski definition) is 4. The van der Waals surface area contributed by atoms with Crippen LogP contribution < -0.4 is 16.4 Å². The molecule has 0 saturated heterocycles. The first-order chi connectivity index (χ1) is 28.0. The third kappa shape index (κ3) is 7.99. The molecule has 0 aliphatic rings. The molecular weight excluding hydrogens is 763 g/mol. The van der Waals surface area contributed by atoms with Gasteiger partial charge >= 0.3 is 6.09 Å². The van der Waals surface area contributed by atoms with Crippen LogP contribution in [0.1, 0.15) is 38.4 Å². The van der Waals surface area contributed by atoms with Crippen molar-refractivity contribution in [2.75, 3.05) is 11.9 Å². The number of anilines is 1. The fourth-order valence-electron chi connectivity index (χ4n) is 7.06. The third-order valence-corrected chi connectivity index (χ3v) is 9.96. The van der Waals surface area contributed by atoms with E-state index in [1.807, 2.05) is 102 Å². The number of imidazole rings is 1. The normalized spacial score (nSPS) is 11.3. The Balaban J connectivity index is 1.25. The number of carbonyl (C=O) groups is 4. The summed E-state index contributed by atoms with van der Waals surface area (Å²) in [5.41, 5.74) is 8.50. The van der Waals surface area contributed by atoms with Crippen LogP contribution in [0.2, 0.25) is 5.02 Å². The molecule has 5 aromatic carbocycles. The molecule has 292 valence electrons. The lowest BCUT2D eigenvalue weighted by atomic mass is 9.77. The second-order valence-electron chi connectivity index (χ2n) is 13.4. The highest BCUT2D eigenvalue weighted by molar-refractivity contribution is 6.30. The van der Waals surface area contributed by atoms with Crippen molar-refractivity contribution >= 4 is 52.0 Å². The van der Waals surface area contributed by atoms with Gasteiger partial charge in [-0.2, -0.15) is 5.10 Å². The van der Waals surface area contributed by atoms with Gasteiger partial charge in [0, 0.05) is 29.4 Å². The first kappa shape index (κ1) is 38.9. The topological polar surface area (TPSA) is 177 Å². The number of hydrogen-bond acceptors (Lipinski definition) is 6. The molecule has 0 unspecified atom stereocenters. The summed E-state index contributed by atoms with van der Waals surface area (Å²) in [6, 6.07) is 38.7. The summed E-state index contributed by atoms with van der Waals surface area (Å²) in [6.45, 7) is -1.21. The van der Waals surface area contributed by atoms with Crippen molar-refractivity contribution in [1.29, 1.82) is 0 Å². The van der Waals surface area contributed by atoms with Crippen molar-refractivity contribution in [3.8, 4) is 0 Å².